The van der Waals surface area contributed by atoms with E-state index in [9.17, 15) is 9.18 Å². The minimum atomic E-state index is -0.252. The van der Waals surface area contributed by atoms with Gasteiger partial charge in [0.15, 0.2) is 0 Å². The summed E-state index contributed by atoms with van der Waals surface area (Å²) in [5, 5.41) is 1.22. The average Bonchev–Trinajstić information content (AvgIpc) is 3.15. The van der Waals surface area contributed by atoms with Crippen molar-refractivity contribution in [3.05, 3.63) is 93.3 Å². The Morgan fingerprint density at radius 3 is 2.73 bits per heavy atom. The molecule has 0 saturated carbocycles. The van der Waals surface area contributed by atoms with Crippen LogP contribution in [0.1, 0.15) is 22.5 Å². The van der Waals surface area contributed by atoms with Gasteiger partial charge in [0, 0.05) is 55.6 Å². The highest BCUT2D eigenvalue weighted by atomic mass is 19.1. The zero-order valence-corrected chi connectivity index (χ0v) is 17.2. The molecule has 152 valence electrons. The number of hydrogen-bond donors (Lipinski definition) is 1. The topological polar surface area (TPSA) is 41.0 Å². The van der Waals surface area contributed by atoms with Crippen LogP contribution in [0.2, 0.25) is 0 Å². The van der Waals surface area contributed by atoms with Crippen LogP contribution >= 0.6 is 0 Å². The molecule has 5 rings (SSSR count). The number of pyridine rings is 1. The Bertz CT molecular complexity index is 1280. The Morgan fingerprint density at radius 1 is 1.10 bits per heavy atom. The molecule has 1 aliphatic heterocycles. The number of benzene rings is 2. The number of H-pyrrole nitrogens is 1. The molecule has 5 heteroatoms. The van der Waals surface area contributed by atoms with Gasteiger partial charge in [-0.25, -0.2) is 4.39 Å². The number of nitrogens with one attached hydrogen (secondary N) is 1. The summed E-state index contributed by atoms with van der Waals surface area (Å²) in [5.74, 6) is -0.252. The molecule has 0 spiro atoms. The number of halogens is 1. The SMILES string of the molecule is Cc1cc(-c2cc3c(n(C)c2=O)CCN(Cc2cc4ccccc4[nH]2)C3)ccc1F. The van der Waals surface area contributed by atoms with E-state index in [1.807, 2.05) is 19.2 Å². The van der Waals surface area contributed by atoms with Crippen LogP contribution in [0.3, 0.4) is 0 Å². The minimum absolute atomic E-state index is 0.0242. The maximum atomic E-state index is 13.7. The third kappa shape index (κ3) is 3.25. The average molecular weight is 401 g/mol. The van der Waals surface area contributed by atoms with E-state index in [0.29, 0.717) is 11.1 Å². The summed E-state index contributed by atoms with van der Waals surface area (Å²) in [7, 11) is 1.84. The van der Waals surface area contributed by atoms with Crippen LogP contribution in [0, 0.1) is 12.7 Å². The van der Waals surface area contributed by atoms with Crippen molar-refractivity contribution in [3.8, 4) is 11.1 Å². The Hall–Kier alpha value is -3.18. The first kappa shape index (κ1) is 18.8. The van der Waals surface area contributed by atoms with Crippen molar-refractivity contribution in [2.45, 2.75) is 26.4 Å². The van der Waals surface area contributed by atoms with Gasteiger partial charge >= 0.3 is 0 Å². The second-order valence-electron chi connectivity index (χ2n) is 8.20. The number of aromatic nitrogens is 2. The summed E-state index contributed by atoms with van der Waals surface area (Å²) in [6, 6.07) is 17.4. The Balaban J connectivity index is 1.47. The van der Waals surface area contributed by atoms with Crippen LogP contribution in [0.5, 0.6) is 0 Å². The van der Waals surface area contributed by atoms with Gasteiger partial charge in [0.2, 0.25) is 0 Å². The molecule has 4 aromatic rings. The molecule has 30 heavy (non-hydrogen) atoms. The molecule has 1 aliphatic rings. The van der Waals surface area contributed by atoms with Crippen molar-refractivity contribution in [2.75, 3.05) is 6.54 Å². The summed E-state index contributed by atoms with van der Waals surface area (Å²) in [4.78, 5) is 18.9. The number of fused-ring (bicyclic) bond motifs is 2. The van der Waals surface area contributed by atoms with Crippen molar-refractivity contribution in [2.24, 2.45) is 7.05 Å². The van der Waals surface area contributed by atoms with Gasteiger partial charge in [-0.15, -0.1) is 0 Å². The molecule has 3 heterocycles. The molecular formula is C25H24FN3O. The van der Waals surface area contributed by atoms with Gasteiger partial charge in [-0.2, -0.15) is 0 Å². The number of aromatic amines is 1. The molecule has 0 radical (unpaired) electrons. The lowest BCUT2D eigenvalue weighted by atomic mass is 9.98. The van der Waals surface area contributed by atoms with E-state index in [1.165, 1.54) is 17.1 Å². The van der Waals surface area contributed by atoms with Crippen LogP contribution in [-0.4, -0.2) is 21.0 Å². The second-order valence-corrected chi connectivity index (χ2v) is 8.20. The van der Waals surface area contributed by atoms with Gasteiger partial charge in [0.25, 0.3) is 5.56 Å². The van der Waals surface area contributed by atoms with Crippen molar-refractivity contribution >= 4 is 10.9 Å². The molecule has 0 atom stereocenters. The van der Waals surface area contributed by atoms with Gasteiger partial charge in [-0.05, 0) is 59.3 Å². The predicted molar refractivity (Wildman–Crippen MR) is 118 cm³/mol. The van der Waals surface area contributed by atoms with E-state index in [4.69, 9.17) is 0 Å². The lowest BCUT2D eigenvalue weighted by molar-refractivity contribution is 0.239. The largest absolute Gasteiger partial charge is 0.357 e. The quantitative estimate of drug-likeness (QED) is 0.548. The molecule has 0 bridgehead atoms. The van der Waals surface area contributed by atoms with E-state index in [0.717, 1.165) is 48.4 Å². The molecule has 0 unspecified atom stereocenters. The highest BCUT2D eigenvalue weighted by Crippen LogP contribution is 2.26. The number of aryl methyl sites for hydroxylation is 1. The van der Waals surface area contributed by atoms with E-state index in [2.05, 4.69) is 34.1 Å². The fourth-order valence-corrected chi connectivity index (χ4v) is 4.50. The van der Waals surface area contributed by atoms with Gasteiger partial charge < -0.3 is 9.55 Å². The van der Waals surface area contributed by atoms with Gasteiger partial charge in [0.1, 0.15) is 5.82 Å². The summed E-state index contributed by atoms with van der Waals surface area (Å²) < 4.78 is 15.5. The predicted octanol–water partition coefficient (Wildman–Crippen LogP) is 4.54. The van der Waals surface area contributed by atoms with E-state index >= 15 is 0 Å². The van der Waals surface area contributed by atoms with Gasteiger partial charge in [-0.3, -0.25) is 9.69 Å². The highest BCUT2D eigenvalue weighted by Gasteiger charge is 2.22. The molecule has 0 fully saturated rings. The van der Waals surface area contributed by atoms with Crippen molar-refractivity contribution in [1.82, 2.24) is 14.5 Å². The smallest absolute Gasteiger partial charge is 0.258 e. The molecule has 0 aliphatic carbocycles. The summed E-state index contributed by atoms with van der Waals surface area (Å²) in [6.07, 6.45) is 0.837. The number of hydrogen-bond acceptors (Lipinski definition) is 2. The van der Waals surface area contributed by atoms with Crippen molar-refractivity contribution < 1.29 is 4.39 Å². The number of para-hydroxylation sites is 1. The van der Waals surface area contributed by atoms with E-state index < -0.39 is 0 Å². The standard InChI is InChI=1S/C25H24FN3O/c1-16-11-17(7-8-22(16)26)21-13-19-14-29(10-9-24(19)28(2)25(21)30)15-20-12-18-5-3-4-6-23(18)27-20/h3-8,11-13,27H,9-10,14-15H2,1-2H3. The Morgan fingerprint density at radius 2 is 1.93 bits per heavy atom. The zero-order chi connectivity index (χ0) is 20.8. The number of rotatable bonds is 3. The summed E-state index contributed by atoms with van der Waals surface area (Å²) in [5.41, 5.74) is 6.53. The van der Waals surface area contributed by atoms with Gasteiger partial charge in [-0.1, -0.05) is 24.3 Å². The molecule has 1 N–H and O–H groups in total. The summed E-state index contributed by atoms with van der Waals surface area (Å²) >= 11 is 0. The lowest BCUT2D eigenvalue weighted by Gasteiger charge is -2.30. The zero-order valence-electron chi connectivity index (χ0n) is 17.2. The molecule has 2 aromatic heterocycles. The molecular weight excluding hydrogens is 377 g/mol. The normalized spacial score (nSPS) is 14.2. The summed E-state index contributed by atoms with van der Waals surface area (Å²) in [6.45, 7) is 4.25. The van der Waals surface area contributed by atoms with E-state index in [-0.39, 0.29) is 11.4 Å². The maximum absolute atomic E-state index is 13.7. The van der Waals surface area contributed by atoms with Crippen molar-refractivity contribution in [3.63, 3.8) is 0 Å². The molecule has 4 nitrogen and oxygen atoms in total. The maximum Gasteiger partial charge on any atom is 0.258 e. The molecule has 0 saturated heterocycles. The highest BCUT2D eigenvalue weighted by molar-refractivity contribution is 5.80. The van der Waals surface area contributed by atoms with Crippen LogP contribution in [-0.2, 0) is 26.6 Å². The van der Waals surface area contributed by atoms with Crippen LogP contribution in [0.25, 0.3) is 22.0 Å². The van der Waals surface area contributed by atoms with Crippen LogP contribution < -0.4 is 5.56 Å². The second kappa shape index (κ2) is 7.26. The fraction of sp³-hybridized carbons (Fsp3) is 0.240. The fourth-order valence-electron chi connectivity index (χ4n) is 4.50. The monoisotopic (exact) mass is 401 g/mol. The van der Waals surface area contributed by atoms with Crippen molar-refractivity contribution in [1.29, 1.82) is 0 Å². The van der Waals surface area contributed by atoms with E-state index in [1.54, 1.807) is 23.6 Å². The first-order valence-electron chi connectivity index (χ1n) is 10.3. The Kier molecular flexibility index (Phi) is 4.55. The molecule has 0 amide bonds. The molecule has 2 aromatic carbocycles. The lowest BCUT2D eigenvalue weighted by Crippen LogP contribution is -2.35. The third-order valence-electron chi connectivity index (χ3n) is 6.14. The van der Waals surface area contributed by atoms with Gasteiger partial charge in [0.05, 0.1) is 0 Å². The van der Waals surface area contributed by atoms with Crippen LogP contribution in [0.4, 0.5) is 4.39 Å². The Labute approximate surface area is 174 Å². The third-order valence-corrected chi connectivity index (χ3v) is 6.14. The number of nitrogens with zero attached hydrogens (tertiary/aromatic N) is 2. The first-order chi connectivity index (χ1) is 14.5. The first-order valence-corrected chi connectivity index (χ1v) is 10.3. The minimum Gasteiger partial charge on any atom is -0.357 e. The van der Waals surface area contributed by atoms with Crippen LogP contribution in [0.15, 0.2) is 59.4 Å².